The standard InChI is InChI=1S/C25H30N4O2/c1-4-20-9-11-21(12-10-20)19(2)27-25(30)22(17-26)18-28-13-15-29(16-14-28)23-7-5-6-8-24(23)31-3/h5-12,18-19H,4,13-16H2,1-3H3,(H,27,30)/b22-18-. The van der Waals surface area contributed by atoms with Crippen molar-refractivity contribution in [2.75, 3.05) is 38.2 Å². The smallest absolute Gasteiger partial charge is 0.263 e. The molecular weight excluding hydrogens is 388 g/mol. The van der Waals surface area contributed by atoms with E-state index in [-0.39, 0.29) is 17.5 Å². The maximum atomic E-state index is 12.7. The Balaban J connectivity index is 1.60. The van der Waals surface area contributed by atoms with Gasteiger partial charge in [-0.2, -0.15) is 5.26 Å². The summed E-state index contributed by atoms with van der Waals surface area (Å²) in [6, 6.07) is 18.0. The highest BCUT2D eigenvalue weighted by Crippen LogP contribution is 2.28. The molecule has 1 atom stereocenters. The molecule has 1 aliphatic heterocycles. The van der Waals surface area contributed by atoms with Gasteiger partial charge in [0.15, 0.2) is 0 Å². The molecule has 1 amide bonds. The van der Waals surface area contributed by atoms with E-state index < -0.39 is 0 Å². The van der Waals surface area contributed by atoms with Gasteiger partial charge in [0.1, 0.15) is 17.4 Å². The second-order valence-electron chi connectivity index (χ2n) is 7.64. The number of nitrogens with one attached hydrogen (secondary N) is 1. The van der Waals surface area contributed by atoms with Gasteiger partial charge in [0.2, 0.25) is 0 Å². The monoisotopic (exact) mass is 418 g/mol. The van der Waals surface area contributed by atoms with Crippen LogP contribution in [-0.4, -0.2) is 44.1 Å². The molecule has 2 aromatic rings. The summed E-state index contributed by atoms with van der Waals surface area (Å²) in [5, 5.41) is 12.5. The lowest BCUT2D eigenvalue weighted by atomic mass is 10.0. The van der Waals surface area contributed by atoms with E-state index in [1.165, 1.54) is 5.56 Å². The first-order valence-corrected chi connectivity index (χ1v) is 10.7. The number of nitrogens with zero attached hydrogens (tertiary/aromatic N) is 3. The summed E-state index contributed by atoms with van der Waals surface area (Å²) in [6.45, 7) is 7.07. The van der Waals surface area contributed by atoms with E-state index in [2.05, 4.69) is 35.3 Å². The predicted octanol–water partition coefficient (Wildman–Crippen LogP) is 3.66. The number of nitriles is 1. The zero-order chi connectivity index (χ0) is 22.2. The molecule has 1 unspecified atom stereocenters. The molecule has 0 aromatic heterocycles. The molecule has 3 rings (SSSR count). The number of piperazine rings is 1. The van der Waals surface area contributed by atoms with Gasteiger partial charge in [0, 0.05) is 32.4 Å². The number of ether oxygens (including phenoxy) is 1. The SMILES string of the molecule is CCc1ccc(C(C)NC(=O)/C(C#N)=C\N2CCN(c3ccccc3OC)CC2)cc1. The first kappa shape index (κ1) is 22.2. The van der Waals surface area contributed by atoms with Crippen LogP contribution in [0.1, 0.15) is 31.0 Å². The minimum absolute atomic E-state index is 0.128. The highest BCUT2D eigenvalue weighted by atomic mass is 16.5. The lowest BCUT2D eigenvalue weighted by Gasteiger charge is -2.36. The maximum absolute atomic E-state index is 12.7. The second-order valence-corrected chi connectivity index (χ2v) is 7.64. The highest BCUT2D eigenvalue weighted by Gasteiger charge is 2.20. The van der Waals surface area contributed by atoms with Crippen LogP contribution in [-0.2, 0) is 11.2 Å². The Bertz CT molecular complexity index is 954. The van der Waals surface area contributed by atoms with Crippen LogP contribution in [0.4, 0.5) is 5.69 Å². The molecule has 0 bridgehead atoms. The van der Waals surface area contributed by atoms with Crippen molar-refractivity contribution in [3.8, 4) is 11.8 Å². The topological polar surface area (TPSA) is 68.6 Å². The molecule has 1 saturated heterocycles. The number of methoxy groups -OCH3 is 1. The molecule has 6 nitrogen and oxygen atoms in total. The summed E-state index contributed by atoms with van der Waals surface area (Å²) in [6.07, 6.45) is 2.66. The van der Waals surface area contributed by atoms with Crippen LogP contribution >= 0.6 is 0 Å². The van der Waals surface area contributed by atoms with Crippen LogP contribution in [0.5, 0.6) is 5.75 Å². The van der Waals surface area contributed by atoms with Crippen LogP contribution < -0.4 is 15.0 Å². The molecule has 6 heteroatoms. The number of carbonyl (C=O) groups is 1. The molecule has 2 aromatic carbocycles. The summed E-state index contributed by atoms with van der Waals surface area (Å²) in [7, 11) is 1.68. The molecule has 1 heterocycles. The van der Waals surface area contributed by atoms with Crippen molar-refractivity contribution in [3.05, 3.63) is 71.4 Å². The van der Waals surface area contributed by atoms with Gasteiger partial charge in [-0.3, -0.25) is 4.79 Å². The molecule has 0 saturated carbocycles. The average Bonchev–Trinajstić information content (AvgIpc) is 2.82. The minimum atomic E-state index is -0.346. The number of anilines is 1. The largest absolute Gasteiger partial charge is 0.495 e. The Morgan fingerprint density at radius 1 is 1.16 bits per heavy atom. The van der Waals surface area contributed by atoms with Crippen molar-refractivity contribution < 1.29 is 9.53 Å². The Labute approximate surface area is 184 Å². The highest BCUT2D eigenvalue weighted by molar-refractivity contribution is 5.97. The second kappa shape index (κ2) is 10.5. The van der Waals surface area contributed by atoms with Crippen molar-refractivity contribution >= 4 is 11.6 Å². The molecule has 31 heavy (non-hydrogen) atoms. The van der Waals surface area contributed by atoms with Gasteiger partial charge in [-0.1, -0.05) is 43.3 Å². The summed E-state index contributed by atoms with van der Waals surface area (Å²) in [4.78, 5) is 17.0. The summed E-state index contributed by atoms with van der Waals surface area (Å²) >= 11 is 0. The first-order chi connectivity index (χ1) is 15.0. The third-order valence-electron chi connectivity index (χ3n) is 5.65. The fourth-order valence-electron chi connectivity index (χ4n) is 3.70. The van der Waals surface area contributed by atoms with E-state index >= 15 is 0 Å². The van der Waals surface area contributed by atoms with E-state index in [9.17, 15) is 10.1 Å². The van der Waals surface area contributed by atoms with E-state index in [0.29, 0.717) is 0 Å². The Hall–Kier alpha value is -3.46. The van der Waals surface area contributed by atoms with Gasteiger partial charge in [-0.15, -0.1) is 0 Å². The molecule has 0 spiro atoms. The number of rotatable bonds is 7. The van der Waals surface area contributed by atoms with Gasteiger partial charge in [-0.05, 0) is 36.6 Å². The molecule has 1 aliphatic rings. The quantitative estimate of drug-likeness (QED) is 0.549. The summed E-state index contributed by atoms with van der Waals surface area (Å²) in [5.41, 5.74) is 3.47. The molecule has 1 fully saturated rings. The molecular formula is C25H30N4O2. The lowest BCUT2D eigenvalue weighted by molar-refractivity contribution is -0.117. The van der Waals surface area contributed by atoms with Crippen molar-refractivity contribution in [2.24, 2.45) is 0 Å². The average molecular weight is 419 g/mol. The fourth-order valence-corrected chi connectivity index (χ4v) is 3.70. The third-order valence-corrected chi connectivity index (χ3v) is 5.65. The number of aryl methyl sites for hydroxylation is 1. The molecule has 0 aliphatic carbocycles. The Morgan fingerprint density at radius 2 is 1.84 bits per heavy atom. The van der Waals surface area contributed by atoms with Gasteiger partial charge < -0.3 is 19.9 Å². The summed E-state index contributed by atoms with van der Waals surface area (Å²) < 4.78 is 5.46. The van der Waals surface area contributed by atoms with Gasteiger partial charge >= 0.3 is 0 Å². The lowest BCUT2D eigenvalue weighted by Crippen LogP contribution is -2.44. The van der Waals surface area contributed by atoms with Gasteiger partial charge in [-0.25, -0.2) is 0 Å². The van der Waals surface area contributed by atoms with Crippen molar-refractivity contribution in [1.82, 2.24) is 10.2 Å². The molecule has 1 N–H and O–H groups in total. The number of amides is 1. The zero-order valence-corrected chi connectivity index (χ0v) is 18.5. The normalized spacial score (nSPS) is 15.2. The van der Waals surface area contributed by atoms with Crippen LogP contribution in [0, 0.1) is 11.3 Å². The van der Waals surface area contributed by atoms with Crippen LogP contribution in [0.3, 0.4) is 0 Å². The van der Waals surface area contributed by atoms with Crippen molar-refractivity contribution in [3.63, 3.8) is 0 Å². The third kappa shape index (κ3) is 5.58. The van der Waals surface area contributed by atoms with Crippen LogP contribution in [0.2, 0.25) is 0 Å². The number of hydrogen-bond donors (Lipinski definition) is 1. The van der Waals surface area contributed by atoms with Gasteiger partial charge in [0.05, 0.1) is 18.8 Å². The van der Waals surface area contributed by atoms with Crippen molar-refractivity contribution in [2.45, 2.75) is 26.3 Å². The van der Waals surface area contributed by atoms with Crippen LogP contribution in [0.25, 0.3) is 0 Å². The zero-order valence-electron chi connectivity index (χ0n) is 18.5. The minimum Gasteiger partial charge on any atom is -0.495 e. The number of hydrogen-bond acceptors (Lipinski definition) is 5. The number of para-hydroxylation sites is 2. The number of carbonyl (C=O) groups excluding carboxylic acids is 1. The molecule has 162 valence electrons. The summed E-state index contributed by atoms with van der Waals surface area (Å²) in [5.74, 6) is 0.506. The maximum Gasteiger partial charge on any atom is 0.263 e. The van der Waals surface area contributed by atoms with E-state index in [1.54, 1.807) is 13.3 Å². The molecule has 0 radical (unpaired) electrons. The Morgan fingerprint density at radius 3 is 2.45 bits per heavy atom. The van der Waals surface area contributed by atoms with Gasteiger partial charge in [0.25, 0.3) is 5.91 Å². The number of benzene rings is 2. The Kier molecular flexibility index (Phi) is 7.55. The van der Waals surface area contributed by atoms with E-state index in [0.717, 1.165) is 49.6 Å². The predicted molar refractivity (Wildman–Crippen MR) is 123 cm³/mol. The van der Waals surface area contributed by atoms with Crippen LogP contribution in [0.15, 0.2) is 60.3 Å². The van der Waals surface area contributed by atoms with E-state index in [1.807, 2.05) is 48.2 Å². The van der Waals surface area contributed by atoms with E-state index in [4.69, 9.17) is 4.74 Å². The fraction of sp³-hybridized carbons (Fsp3) is 0.360. The van der Waals surface area contributed by atoms with Crippen molar-refractivity contribution in [1.29, 1.82) is 5.26 Å². The first-order valence-electron chi connectivity index (χ1n) is 10.7.